The molecule has 0 aromatic heterocycles. The first-order valence-corrected chi connectivity index (χ1v) is 9.47. The van der Waals surface area contributed by atoms with E-state index in [4.69, 9.17) is 19.9 Å². The smallest absolute Gasteiger partial charge is 0.338 e. The van der Waals surface area contributed by atoms with Crippen LogP contribution in [0.1, 0.15) is 30.9 Å². The minimum atomic E-state index is -0.794. The number of nitrogens with two attached hydrogens (primary N) is 1. The van der Waals surface area contributed by atoms with Crippen LogP contribution in [-0.2, 0) is 20.9 Å². The summed E-state index contributed by atoms with van der Waals surface area (Å²) >= 11 is 0. The van der Waals surface area contributed by atoms with Gasteiger partial charge in [0.15, 0.2) is 11.6 Å². The molecule has 1 aliphatic rings. The third kappa shape index (κ3) is 4.67. The molecule has 0 spiro atoms. The van der Waals surface area contributed by atoms with Gasteiger partial charge in [-0.05, 0) is 37.1 Å². The second-order valence-electron chi connectivity index (χ2n) is 6.72. The summed E-state index contributed by atoms with van der Waals surface area (Å²) in [5.41, 5.74) is 7.51. The fraction of sp³-hybridized carbons (Fsp3) is 0.217. The molecule has 0 aliphatic carbocycles. The van der Waals surface area contributed by atoms with Gasteiger partial charge in [-0.1, -0.05) is 24.3 Å². The van der Waals surface area contributed by atoms with E-state index in [1.54, 1.807) is 38.1 Å². The van der Waals surface area contributed by atoms with Gasteiger partial charge >= 0.3 is 5.97 Å². The summed E-state index contributed by atoms with van der Waals surface area (Å²) < 4.78 is 42.7. The largest absolute Gasteiger partial charge is 0.486 e. The molecule has 3 rings (SSSR count). The summed E-state index contributed by atoms with van der Waals surface area (Å²) in [6.45, 7) is 3.47. The van der Waals surface area contributed by atoms with Crippen molar-refractivity contribution in [3.63, 3.8) is 0 Å². The summed E-state index contributed by atoms with van der Waals surface area (Å²) in [7, 11) is 0. The van der Waals surface area contributed by atoms with E-state index < -0.39 is 23.5 Å². The molecule has 1 aliphatic heterocycles. The summed E-state index contributed by atoms with van der Waals surface area (Å²) in [4.78, 5) is 12.5. The van der Waals surface area contributed by atoms with Gasteiger partial charge < -0.3 is 19.9 Å². The van der Waals surface area contributed by atoms with Crippen molar-refractivity contribution < 1.29 is 27.8 Å². The van der Waals surface area contributed by atoms with Crippen LogP contribution in [0, 0.1) is 23.0 Å². The van der Waals surface area contributed by atoms with E-state index in [2.05, 4.69) is 0 Å². The summed E-state index contributed by atoms with van der Waals surface area (Å²) in [6.07, 6.45) is 0. The number of carbonyl (C=O) groups excluding carboxylic acids is 1. The van der Waals surface area contributed by atoms with Crippen LogP contribution >= 0.6 is 0 Å². The van der Waals surface area contributed by atoms with Crippen LogP contribution in [0.5, 0.6) is 5.75 Å². The Hall–Kier alpha value is -3.86. The number of allylic oxidation sites excluding steroid dienone is 2. The monoisotopic (exact) mass is 426 g/mol. The highest BCUT2D eigenvalue weighted by molar-refractivity contribution is 5.92. The number of benzene rings is 2. The Balaban J connectivity index is 1.86. The zero-order valence-corrected chi connectivity index (χ0v) is 16.9. The van der Waals surface area contributed by atoms with E-state index in [-0.39, 0.29) is 41.8 Å². The van der Waals surface area contributed by atoms with E-state index in [0.717, 1.165) is 12.1 Å². The molecule has 1 heterocycles. The molecule has 0 fully saturated rings. The van der Waals surface area contributed by atoms with Gasteiger partial charge in [0.25, 0.3) is 0 Å². The zero-order chi connectivity index (χ0) is 22.5. The topological polar surface area (TPSA) is 94.6 Å². The van der Waals surface area contributed by atoms with Crippen LogP contribution in [-0.4, -0.2) is 12.6 Å². The minimum absolute atomic E-state index is 0.0410. The molecule has 2 aromatic carbocycles. The number of esters is 1. The van der Waals surface area contributed by atoms with Crippen LogP contribution in [0.4, 0.5) is 8.78 Å². The van der Waals surface area contributed by atoms with Gasteiger partial charge in [-0.25, -0.2) is 13.6 Å². The maximum Gasteiger partial charge on any atom is 0.338 e. The first-order valence-electron chi connectivity index (χ1n) is 9.47. The lowest BCUT2D eigenvalue weighted by Crippen LogP contribution is -2.25. The molecular formula is C23H20F2N2O4. The van der Waals surface area contributed by atoms with Gasteiger partial charge in [0, 0.05) is 6.07 Å². The first-order chi connectivity index (χ1) is 14.8. The molecular weight excluding hydrogens is 406 g/mol. The van der Waals surface area contributed by atoms with Crippen molar-refractivity contribution in [3.05, 3.63) is 88.0 Å². The Kier molecular flexibility index (Phi) is 6.55. The van der Waals surface area contributed by atoms with Crippen molar-refractivity contribution in [2.45, 2.75) is 26.4 Å². The van der Waals surface area contributed by atoms with Gasteiger partial charge in [-0.3, -0.25) is 0 Å². The fourth-order valence-electron chi connectivity index (χ4n) is 3.25. The quantitative estimate of drug-likeness (QED) is 0.696. The van der Waals surface area contributed by atoms with E-state index in [9.17, 15) is 18.8 Å². The van der Waals surface area contributed by atoms with Gasteiger partial charge in [-0.15, -0.1) is 0 Å². The lowest BCUT2D eigenvalue weighted by molar-refractivity contribution is -0.139. The maximum absolute atomic E-state index is 13.7. The Bertz CT molecular complexity index is 1100. The van der Waals surface area contributed by atoms with Gasteiger partial charge in [-0.2, -0.15) is 5.26 Å². The lowest BCUT2D eigenvalue weighted by atomic mass is 9.83. The summed E-state index contributed by atoms with van der Waals surface area (Å²) in [5.74, 6) is -2.70. The van der Waals surface area contributed by atoms with E-state index in [0.29, 0.717) is 11.1 Å². The Morgan fingerprint density at radius 2 is 1.94 bits per heavy atom. The van der Waals surface area contributed by atoms with Gasteiger partial charge in [0.1, 0.15) is 29.8 Å². The van der Waals surface area contributed by atoms with Gasteiger partial charge in [0.2, 0.25) is 5.88 Å². The van der Waals surface area contributed by atoms with Crippen molar-refractivity contribution >= 4 is 5.97 Å². The molecule has 2 N–H and O–H groups in total. The molecule has 1 unspecified atom stereocenters. The molecule has 0 bridgehead atoms. The van der Waals surface area contributed by atoms with Crippen LogP contribution in [0.15, 0.2) is 65.3 Å². The van der Waals surface area contributed by atoms with Crippen molar-refractivity contribution in [3.8, 4) is 11.8 Å². The molecule has 0 amide bonds. The third-order valence-corrected chi connectivity index (χ3v) is 4.70. The molecule has 1 atom stereocenters. The second-order valence-corrected chi connectivity index (χ2v) is 6.72. The van der Waals surface area contributed by atoms with Crippen molar-refractivity contribution in [1.29, 1.82) is 5.26 Å². The van der Waals surface area contributed by atoms with Crippen molar-refractivity contribution in [2.24, 2.45) is 5.73 Å². The number of nitrogens with zero attached hydrogens (tertiary/aromatic N) is 1. The highest BCUT2D eigenvalue weighted by Gasteiger charge is 2.36. The minimum Gasteiger partial charge on any atom is -0.486 e. The van der Waals surface area contributed by atoms with Crippen molar-refractivity contribution in [2.75, 3.05) is 6.61 Å². The summed E-state index contributed by atoms with van der Waals surface area (Å²) in [5, 5.41) is 9.59. The number of nitriles is 1. The average molecular weight is 426 g/mol. The number of halogens is 2. The van der Waals surface area contributed by atoms with E-state index in [1.165, 1.54) is 6.07 Å². The third-order valence-electron chi connectivity index (χ3n) is 4.70. The SMILES string of the molecule is CCOC(=O)C1=C(C)OC(N)=C(C#N)C1c1ccc(COc2ccc(F)cc2F)cc1. The number of hydrogen-bond donors (Lipinski definition) is 1. The zero-order valence-electron chi connectivity index (χ0n) is 16.9. The van der Waals surface area contributed by atoms with E-state index >= 15 is 0 Å². The molecule has 31 heavy (non-hydrogen) atoms. The fourth-order valence-corrected chi connectivity index (χ4v) is 3.25. The molecule has 0 saturated heterocycles. The Morgan fingerprint density at radius 3 is 2.55 bits per heavy atom. The normalized spacial score (nSPS) is 15.9. The standard InChI is InChI=1S/C23H20F2N2O4/c1-3-29-23(28)20-13(2)31-22(27)17(11-26)21(20)15-6-4-14(5-7-15)12-30-19-9-8-16(24)10-18(19)25/h4-10,21H,3,12,27H2,1-2H3. The molecule has 6 nitrogen and oxygen atoms in total. The predicted molar refractivity (Wildman–Crippen MR) is 107 cm³/mol. The lowest BCUT2D eigenvalue weighted by Gasteiger charge is -2.27. The predicted octanol–water partition coefficient (Wildman–Crippen LogP) is 4.19. The molecule has 0 saturated carbocycles. The molecule has 2 aromatic rings. The van der Waals surface area contributed by atoms with E-state index in [1.807, 2.05) is 6.07 Å². The summed E-state index contributed by atoms with van der Waals surface area (Å²) in [6, 6.07) is 11.9. The number of carbonyl (C=O) groups is 1. The highest BCUT2D eigenvalue weighted by Crippen LogP contribution is 2.39. The maximum atomic E-state index is 13.7. The molecule has 160 valence electrons. The number of hydrogen-bond acceptors (Lipinski definition) is 6. The first kappa shape index (κ1) is 21.8. The number of ether oxygens (including phenoxy) is 3. The van der Waals surface area contributed by atoms with Crippen LogP contribution in [0.25, 0.3) is 0 Å². The van der Waals surface area contributed by atoms with Crippen molar-refractivity contribution in [1.82, 2.24) is 0 Å². The van der Waals surface area contributed by atoms with Crippen LogP contribution in [0.3, 0.4) is 0 Å². The average Bonchev–Trinajstić information content (AvgIpc) is 2.73. The van der Waals surface area contributed by atoms with Crippen LogP contribution in [0.2, 0.25) is 0 Å². The van der Waals surface area contributed by atoms with Gasteiger partial charge in [0.05, 0.1) is 18.1 Å². The second kappa shape index (κ2) is 9.30. The highest BCUT2D eigenvalue weighted by atomic mass is 19.1. The number of rotatable bonds is 6. The Morgan fingerprint density at radius 1 is 1.23 bits per heavy atom. The Labute approximate surface area is 178 Å². The molecule has 8 heteroatoms. The molecule has 0 radical (unpaired) electrons. The van der Waals surface area contributed by atoms with Crippen LogP contribution < -0.4 is 10.5 Å².